The van der Waals surface area contributed by atoms with Crippen molar-refractivity contribution in [1.29, 1.82) is 0 Å². The molecule has 0 bridgehead atoms. The number of halogens is 1. The summed E-state index contributed by atoms with van der Waals surface area (Å²) < 4.78 is 0.848. The van der Waals surface area contributed by atoms with E-state index in [1.165, 1.54) is 0 Å². The maximum Gasteiger partial charge on any atom is 0.267 e. The smallest absolute Gasteiger partial charge is 0.267 e. The van der Waals surface area contributed by atoms with Crippen LogP contribution in [0, 0.1) is 0 Å². The van der Waals surface area contributed by atoms with Crippen molar-refractivity contribution >= 4 is 73.3 Å². The van der Waals surface area contributed by atoms with Crippen molar-refractivity contribution in [2.24, 2.45) is 0 Å². The van der Waals surface area contributed by atoms with E-state index in [1.54, 1.807) is 11.0 Å². The van der Waals surface area contributed by atoms with E-state index < -0.39 is 18.4 Å². The summed E-state index contributed by atoms with van der Waals surface area (Å²) in [7, 11) is 0. The van der Waals surface area contributed by atoms with Crippen LogP contribution in [-0.4, -0.2) is 33.5 Å². The molecule has 2 aromatic rings. The first-order valence-electron chi connectivity index (χ1n) is 8.50. The monoisotopic (exact) mass is 487 g/mol. The van der Waals surface area contributed by atoms with Gasteiger partial charge in [0.15, 0.2) is 0 Å². The molecule has 0 unspecified atom stereocenters. The van der Waals surface area contributed by atoms with Gasteiger partial charge in [0.2, 0.25) is 0 Å². The molecule has 0 radical (unpaired) electrons. The summed E-state index contributed by atoms with van der Waals surface area (Å²) in [6.45, 7) is -0.300. The highest BCUT2D eigenvalue weighted by Gasteiger charge is 2.42. The number of nitrogens with zero attached hydrogens (tertiary/aromatic N) is 2. The molecule has 1 saturated heterocycles. The Balaban J connectivity index is 1.81. The van der Waals surface area contributed by atoms with Crippen molar-refractivity contribution in [3.63, 3.8) is 0 Å². The summed E-state index contributed by atoms with van der Waals surface area (Å²) in [5.74, 6) is -2.34. The van der Waals surface area contributed by atoms with Gasteiger partial charge in [0.25, 0.3) is 11.8 Å². The summed E-state index contributed by atoms with van der Waals surface area (Å²) >= 11 is 9.50. The number of carbonyl (C=O) groups is 3. The Morgan fingerprint density at radius 3 is 2.48 bits per heavy atom. The van der Waals surface area contributed by atoms with E-state index in [0.29, 0.717) is 17.8 Å². The number of anilines is 1. The number of carbonyl (C=O) groups excluding carboxylic acids is 3. The van der Waals surface area contributed by atoms with Crippen LogP contribution in [0.4, 0.5) is 5.69 Å². The zero-order valence-corrected chi connectivity index (χ0v) is 18.0. The van der Waals surface area contributed by atoms with E-state index in [-0.39, 0.29) is 20.7 Å². The number of amides is 2. The van der Waals surface area contributed by atoms with Crippen LogP contribution >= 0.6 is 39.9 Å². The number of aliphatic carboxylic acids is 1. The minimum Gasteiger partial charge on any atom is -0.548 e. The predicted molar refractivity (Wildman–Crippen MR) is 116 cm³/mol. The highest BCUT2D eigenvalue weighted by atomic mass is 79.9. The summed E-state index contributed by atoms with van der Waals surface area (Å²) in [5.41, 5.74) is 2.47. The predicted octanol–water partition coefficient (Wildman–Crippen LogP) is 2.32. The molecule has 4 rings (SSSR count). The number of carboxylic acid groups (broad SMARTS) is 1. The maximum absolute atomic E-state index is 13.3. The summed E-state index contributed by atoms with van der Waals surface area (Å²) in [6.07, 6.45) is 0. The van der Waals surface area contributed by atoms with Crippen molar-refractivity contribution in [3.05, 3.63) is 69.0 Å². The number of hydrogen-bond acceptors (Lipinski definition) is 6. The number of fused-ring (bicyclic) bond motifs is 1. The second kappa shape index (κ2) is 7.74. The number of benzene rings is 2. The van der Waals surface area contributed by atoms with Crippen molar-refractivity contribution in [2.45, 2.75) is 6.54 Å². The van der Waals surface area contributed by atoms with Gasteiger partial charge in [0.05, 0.1) is 35.2 Å². The Labute approximate surface area is 184 Å². The summed E-state index contributed by atoms with van der Waals surface area (Å²) in [5, 5.41) is 11.0. The van der Waals surface area contributed by atoms with Crippen LogP contribution < -0.4 is 10.0 Å². The molecular formula is C20H12BrN2O4S2-. The van der Waals surface area contributed by atoms with Gasteiger partial charge in [0, 0.05) is 10.0 Å². The average Bonchev–Trinajstić information content (AvgIpc) is 3.10. The van der Waals surface area contributed by atoms with Crippen LogP contribution in [0.3, 0.4) is 0 Å². The van der Waals surface area contributed by atoms with Gasteiger partial charge in [0.1, 0.15) is 4.32 Å². The molecule has 0 spiro atoms. The van der Waals surface area contributed by atoms with Crippen LogP contribution in [0.1, 0.15) is 11.1 Å². The van der Waals surface area contributed by atoms with Gasteiger partial charge in [-0.2, -0.15) is 0 Å². The molecule has 0 N–H and O–H groups in total. The molecule has 146 valence electrons. The van der Waals surface area contributed by atoms with Gasteiger partial charge in [-0.3, -0.25) is 14.5 Å². The fourth-order valence-corrected chi connectivity index (χ4v) is 4.95. The molecule has 0 saturated carbocycles. The van der Waals surface area contributed by atoms with E-state index in [2.05, 4.69) is 15.9 Å². The van der Waals surface area contributed by atoms with Crippen LogP contribution in [0.2, 0.25) is 0 Å². The number of thioether (sulfide) groups is 1. The topological polar surface area (TPSA) is 80.7 Å². The summed E-state index contributed by atoms with van der Waals surface area (Å²) in [4.78, 5) is 39.8. The first-order chi connectivity index (χ1) is 13.9. The molecule has 9 heteroatoms. The number of rotatable bonds is 4. The molecule has 0 aliphatic carbocycles. The third-order valence-corrected chi connectivity index (χ3v) is 6.47. The Bertz CT molecular complexity index is 1100. The van der Waals surface area contributed by atoms with Gasteiger partial charge in [-0.15, -0.1) is 0 Å². The number of hydrogen-bond donors (Lipinski definition) is 0. The van der Waals surface area contributed by atoms with Crippen LogP contribution in [0.5, 0.6) is 0 Å². The minimum atomic E-state index is -1.42. The Kier molecular flexibility index (Phi) is 5.28. The Morgan fingerprint density at radius 1 is 1.07 bits per heavy atom. The van der Waals surface area contributed by atoms with Gasteiger partial charge >= 0.3 is 0 Å². The lowest BCUT2D eigenvalue weighted by molar-refractivity contribution is -0.305. The van der Waals surface area contributed by atoms with Gasteiger partial charge in [-0.25, -0.2) is 0 Å². The van der Waals surface area contributed by atoms with E-state index >= 15 is 0 Å². The fourth-order valence-electron chi connectivity index (χ4n) is 3.26. The van der Waals surface area contributed by atoms with Crippen LogP contribution in [-0.2, 0) is 20.9 Å². The Morgan fingerprint density at radius 2 is 1.79 bits per heavy atom. The highest BCUT2D eigenvalue weighted by Crippen LogP contribution is 2.45. The van der Waals surface area contributed by atoms with E-state index in [0.717, 1.165) is 26.7 Å². The average molecular weight is 488 g/mol. The van der Waals surface area contributed by atoms with Crippen molar-refractivity contribution in [2.75, 3.05) is 11.4 Å². The maximum atomic E-state index is 13.3. The van der Waals surface area contributed by atoms with E-state index in [1.807, 2.05) is 42.5 Å². The van der Waals surface area contributed by atoms with E-state index in [9.17, 15) is 19.5 Å². The third kappa shape index (κ3) is 3.61. The van der Waals surface area contributed by atoms with Gasteiger partial charge < -0.3 is 14.8 Å². The van der Waals surface area contributed by atoms with Crippen LogP contribution in [0.15, 0.2) is 57.9 Å². The SMILES string of the molecule is O=C([O-])CN1C(=O)/C(=C2\C(=O)N(Cc3ccccc3)c3ccc(Br)cc32)SC1=S. The number of carboxylic acids is 1. The second-order valence-corrected chi connectivity index (χ2v) is 8.93. The zero-order chi connectivity index (χ0) is 20.7. The van der Waals surface area contributed by atoms with Crippen LogP contribution in [0.25, 0.3) is 5.57 Å². The molecule has 29 heavy (non-hydrogen) atoms. The van der Waals surface area contributed by atoms with E-state index in [4.69, 9.17) is 12.2 Å². The Hall–Kier alpha value is -2.49. The van der Waals surface area contributed by atoms with Crippen molar-refractivity contribution < 1.29 is 19.5 Å². The molecule has 0 aromatic heterocycles. The molecule has 2 heterocycles. The first-order valence-corrected chi connectivity index (χ1v) is 10.5. The lowest BCUT2D eigenvalue weighted by atomic mass is 10.1. The van der Waals surface area contributed by atoms with Gasteiger partial charge in [-0.1, -0.05) is 70.2 Å². The molecule has 1 fully saturated rings. The molecular weight excluding hydrogens is 476 g/mol. The second-order valence-electron chi connectivity index (χ2n) is 6.37. The molecule has 6 nitrogen and oxygen atoms in total. The normalized spacial score (nSPS) is 18.6. The lowest BCUT2D eigenvalue weighted by Crippen LogP contribution is -2.40. The highest BCUT2D eigenvalue weighted by molar-refractivity contribution is 9.10. The first kappa shape index (κ1) is 19.8. The lowest BCUT2D eigenvalue weighted by Gasteiger charge is -2.17. The zero-order valence-electron chi connectivity index (χ0n) is 14.8. The van der Waals surface area contributed by atoms with Crippen molar-refractivity contribution in [3.8, 4) is 0 Å². The fraction of sp³-hybridized carbons (Fsp3) is 0.100. The largest absolute Gasteiger partial charge is 0.548 e. The molecule has 0 atom stereocenters. The van der Waals surface area contributed by atoms with Crippen molar-refractivity contribution in [1.82, 2.24) is 4.90 Å². The summed E-state index contributed by atoms with van der Waals surface area (Å²) in [6, 6.07) is 14.9. The molecule has 2 aliphatic rings. The van der Waals surface area contributed by atoms with Gasteiger partial charge in [-0.05, 0) is 23.8 Å². The number of thiocarbonyl (C=S) groups is 1. The third-order valence-electron chi connectivity index (χ3n) is 4.52. The minimum absolute atomic E-state index is 0.0903. The molecule has 2 aromatic carbocycles. The molecule has 2 amide bonds. The quantitative estimate of drug-likeness (QED) is 0.486. The standard InChI is InChI=1S/C20H13BrN2O4S2/c21-12-6-7-14-13(8-12)16(17-19(27)23(10-15(24)25)20(28)29-17)18(26)22(14)9-11-4-2-1-3-5-11/h1-8H,9-10H2,(H,24,25)/p-1/b17-16+. The molecule has 2 aliphatic heterocycles.